The average Bonchev–Trinajstić information content (AvgIpc) is 2.36. The molecular weight excluding hydrogens is 308 g/mol. The third-order valence-electron chi connectivity index (χ3n) is 2.37. The van der Waals surface area contributed by atoms with E-state index in [0.717, 1.165) is 0 Å². The van der Waals surface area contributed by atoms with Crippen LogP contribution in [0.5, 0.6) is 17.2 Å². The van der Waals surface area contributed by atoms with Gasteiger partial charge in [0.25, 0.3) is 5.78 Å². The summed E-state index contributed by atoms with van der Waals surface area (Å²) in [7, 11) is 1.34. The number of aliphatic carboxylic acids is 1. The lowest BCUT2D eigenvalue weighted by Gasteiger charge is -2.22. The number of rotatable bonds is 3. The van der Waals surface area contributed by atoms with Gasteiger partial charge < -0.3 is 19.3 Å². The second kappa shape index (κ2) is 4.85. The molecule has 1 aromatic rings. The highest BCUT2D eigenvalue weighted by atomic mass is 79.9. The molecule has 0 unspecified atom stereocenters. The number of halogens is 1. The van der Waals surface area contributed by atoms with E-state index in [-0.39, 0.29) is 23.7 Å². The van der Waals surface area contributed by atoms with Gasteiger partial charge in [0.2, 0.25) is 0 Å². The van der Waals surface area contributed by atoms with Crippen molar-refractivity contribution < 1.29 is 28.9 Å². The molecule has 96 valence electrons. The summed E-state index contributed by atoms with van der Waals surface area (Å²) in [5.41, 5.74) is -0.144. The van der Waals surface area contributed by atoms with Crippen molar-refractivity contribution in [1.29, 1.82) is 0 Å². The summed E-state index contributed by atoms with van der Waals surface area (Å²) in [5, 5.41) is 8.83. The van der Waals surface area contributed by atoms with Crippen molar-refractivity contribution in [2.75, 3.05) is 20.3 Å². The van der Waals surface area contributed by atoms with Gasteiger partial charge in [-0.1, -0.05) is 0 Å². The number of Topliss-reactive ketones (excluding diaryl/α,β-unsaturated/α-hetero) is 1. The summed E-state index contributed by atoms with van der Waals surface area (Å²) in [6.45, 7) is 0.587. The fourth-order valence-corrected chi connectivity index (χ4v) is 2.22. The van der Waals surface area contributed by atoms with Crippen LogP contribution in [0.4, 0.5) is 0 Å². The predicted octanol–water partition coefficient (Wildman–Crippen LogP) is 1.50. The van der Waals surface area contributed by atoms with Crippen LogP contribution in [0.2, 0.25) is 0 Å². The Kier molecular flexibility index (Phi) is 3.42. The van der Waals surface area contributed by atoms with Crippen LogP contribution in [-0.4, -0.2) is 37.2 Å². The van der Waals surface area contributed by atoms with Gasteiger partial charge in [-0.15, -0.1) is 0 Å². The zero-order valence-electron chi connectivity index (χ0n) is 9.36. The van der Waals surface area contributed by atoms with Crippen molar-refractivity contribution in [3.63, 3.8) is 0 Å². The summed E-state index contributed by atoms with van der Waals surface area (Å²) in [5.74, 6) is -2.14. The highest BCUT2D eigenvalue weighted by molar-refractivity contribution is 9.10. The van der Waals surface area contributed by atoms with Crippen molar-refractivity contribution in [2.24, 2.45) is 0 Å². The Labute approximate surface area is 111 Å². The zero-order chi connectivity index (χ0) is 13.3. The Morgan fingerprint density at radius 3 is 2.67 bits per heavy atom. The summed E-state index contributed by atoms with van der Waals surface area (Å²) in [4.78, 5) is 22.6. The molecular formula is C11H9BrO6. The Bertz CT molecular complexity index is 525. The van der Waals surface area contributed by atoms with Crippen LogP contribution in [0.25, 0.3) is 0 Å². The molecule has 0 spiro atoms. The molecule has 1 N–H and O–H groups in total. The first-order valence-electron chi connectivity index (χ1n) is 5.00. The molecule has 0 saturated heterocycles. The van der Waals surface area contributed by atoms with E-state index < -0.39 is 11.8 Å². The van der Waals surface area contributed by atoms with E-state index in [2.05, 4.69) is 15.9 Å². The largest absolute Gasteiger partial charge is 0.495 e. The van der Waals surface area contributed by atoms with Gasteiger partial charge in [-0.25, -0.2) is 4.79 Å². The van der Waals surface area contributed by atoms with Crippen molar-refractivity contribution in [1.82, 2.24) is 0 Å². The normalized spacial score (nSPS) is 13.0. The van der Waals surface area contributed by atoms with Gasteiger partial charge in [-0.3, -0.25) is 4.79 Å². The summed E-state index contributed by atoms with van der Waals surface area (Å²) >= 11 is 3.20. The number of carboxylic acid groups (broad SMARTS) is 1. The van der Waals surface area contributed by atoms with E-state index in [1.165, 1.54) is 7.11 Å². The Balaban J connectivity index is 2.69. The van der Waals surface area contributed by atoms with E-state index >= 15 is 0 Å². The number of carboxylic acids is 1. The average molecular weight is 317 g/mol. The number of hydrogen-bond donors (Lipinski definition) is 1. The molecule has 0 bridgehead atoms. The van der Waals surface area contributed by atoms with Crippen LogP contribution in [0.1, 0.15) is 10.4 Å². The van der Waals surface area contributed by atoms with Gasteiger partial charge in [0.05, 0.1) is 11.6 Å². The second-order valence-corrected chi connectivity index (χ2v) is 4.28. The van der Waals surface area contributed by atoms with Crippen LogP contribution in [0.3, 0.4) is 0 Å². The Morgan fingerprint density at radius 2 is 2.06 bits per heavy atom. The van der Waals surface area contributed by atoms with E-state index in [9.17, 15) is 9.59 Å². The molecule has 0 aliphatic carbocycles. The van der Waals surface area contributed by atoms with Gasteiger partial charge >= 0.3 is 5.97 Å². The summed E-state index contributed by atoms with van der Waals surface area (Å²) in [6.07, 6.45) is 0. The van der Waals surface area contributed by atoms with Gasteiger partial charge in [-0.2, -0.15) is 0 Å². The molecule has 1 aliphatic heterocycles. The lowest BCUT2D eigenvalue weighted by atomic mass is 10.1. The lowest BCUT2D eigenvalue weighted by Crippen LogP contribution is -2.21. The summed E-state index contributed by atoms with van der Waals surface area (Å²) < 4.78 is 16.1. The minimum absolute atomic E-state index is 0.105. The molecule has 0 aromatic heterocycles. The minimum Gasteiger partial charge on any atom is -0.495 e. The second-order valence-electron chi connectivity index (χ2n) is 3.43. The first-order valence-corrected chi connectivity index (χ1v) is 5.79. The van der Waals surface area contributed by atoms with Crippen LogP contribution in [0.15, 0.2) is 10.5 Å². The van der Waals surface area contributed by atoms with E-state index in [4.69, 9.17) is 19.3 Å². The van der Waals surface area contributed by atoms with E-state index in [1.54, 1.807) is 6.07 Å². The summed E-state index contributed by atoms with van der Waals surface area (Å²) in [6, 6.07) is 1.58. The number of methoxy groups -OCH3 is 1. The molecule has 0 atom stereocenters. The quantitative estimate of drug-likeness (QED) is 0.672. The number of carbonyl (C=O) groups excluding carboxylic acids is 1. The van der Waals surface area contributed by atoms with Crippen molar-refractivity contribution in [3.8, 4) is 17.2 Å². The van der Waals surface area contributed by atoms with Crippen molar-refractivity contribution in [3.05, 3.63) is 16.1 Å². The molecule has 1 aliphatic rings. The van der Waals surface area contributed by atoms with E-state index in [1.807, 2.05) is 0 Å². The third kappa shape index (κ3) is 2.01. The number of fused-ring (bicyclic) bond motifs is 1. The number of carbonyl (C=O) groups is 2. The van der Waals surface area contributed by atoms with Crippen LogP contribution < -0.4 is 14.2 Å². The minimum atomic E-state index is -1.58. The molecule has 1 aromatic carbocycles. The maximum atomic E-state index is 11.7. The zero-order valence-corrected chi connectivity index (χ0v) is 10.9. The molecule has 0 radical (unpaired) electrons. The molecule has 6 nitrogen and oxygen atoms in total. The first kappa shape index (κ1) is 12.7. The SMILES string of the molecule is COc1c(Br)cc2c(c1C(=O)C(=O)O)OCCO2. The van der Waals surface area contributed by atoms with Gasteiger partial charge in [0.15, 0.2) is 11.5 Å². The van der Waals surface area contributed by atoms with Gasteiger partial charge in [-0.05, 0) is 15.9 Å². The topological polar surface area (TPSA) is 82.1 Å². The standard InChI is InChI=1S/C11H9BrO6/c1-16-9-5(12)4-6-10(18-3-2-17-6)7(9)8(13)11(14)15/h4H,2-3H2,1H3,(H,14,15). The molecule has 0 fully saturated rings. The Morgan fingerprint density at radius 1 is 1.39 bits per heavy atom. The lowest BCUT2D eigenvalue weighted by molar-refractivity contribution is -0.131. The fraction of sp³-hybridized carbons (Fsp3) is 0.273. The molecule has 0 amide bonds. The predicted molar refractivity (Wildman–Crippen MR) is 63.7 cm³/mol. The fourth-order valence-electron chi connectivity index (χ4n) is 1.65. The van der Waals surface area contributed by atoms with Gasteiger partial charge in [0, 0.05) is 6.07 Å². The number of benzene rings is 1. The molecule has 7 heteroatoms. The number of hydrogen-bond acceptors (Lipinski definition) is 5. The van der Waals surface area contributed by atoms with Gasteiger partial charge in [0.1, 0.15) is 24.5 Å². The maximum absolute atomic E-state index is 11.7. The van der Waals surface area contributed by atoms with Crippen molar-refractivity contribution >= 4 is 27.7 Å². The number of ether oxygens (including phenoxy) is 3. The van der Waals surface area contributed by atoms with E-state index in [0.29, 0.717) is 16.8 Å². The maximum Gasteiger partial charge on any atom is 0.377 e. The molecule has 0 saturated carbocycles. The molecule has 1 heterocycles. The van der Waals surface area contributed by atoms with Crippen molar-refractivity contribution in [2.45, 2.75) is 0 Å². The monoisotopic (exact) mass is 316 g/mol. The highest BCUT2D eigenvalue weighted by Crippen LogP contribution is 2.44. The van der Waals surface area contributed by atoms with Crippen LogP contribution >= 0.6 is 15.9 Å². The smallest absolute Gasteiger partial charge is 0.377 e. The first-order chi connectivity index (χ1) is 8.56. The van der Waals surface area contributed by atoms with Crippen LogP contribution in [0, 0.1) is 0 Å². The Hall–Kier alpha value is -1.76. The number of ketones is 1. The van der Waals surface area contributed by atoms with Crippen LogP contribution in [-0.2, 0) is 4.79 Å². The molecule has 18 heavy (non-hydrogen) atoms. The third-order valence-corrected chi connectivity index (χ3v) is 2.95. The molecule has 2 rings (SSSR count). The highest BCUT2D eigenvalue weighted by Gasteiger charge is 2.31.